The highest BCUT2D eigenvalue weighted by atomic mass is 35.5. The maximum Gasteiger partial charge on any atom is 0.238 e. The first-order valence-corrected chi connectivity index (χ1v) is 9.58. The van der Waals surface area contributed by atoms with E-state index in [-0.39, 0.29) is 24.4 Å². The SMILES string of the molecule is Cl.Cn1ccnc1C1CNCCN1CC(=O)Nc1ccccc1-c1ccccc1. The first kappa shape index (κ1) is 21.0. The third-order valence-electron chi connectivity index (χ3n) is 5.14. The van der Waals surface area contributed by atoms with E-state index in [1.807, 2.05) is 60.3 Å². The van der Waals surface area contributed by atoms with E-state index in [1.54, 1.807) is 6.20 Å². The average molecular weight is 412 g/mol. The number of aromatic nitrogens is 2. The summed E-state index contributed by atoms with van der Waals surface area (Å²) in [5.41, 5.74) is 2.95. The van der Waals surface area contributed by atoms with Crippen LogP contribution in [0.2, 0.25) is 0 Å². The highest BCUT2D eigenvalue weighted by Crippen LogP contribution is 2.28. The van der Waals surface area contributed by atoms with Crippen LogP contribution < -0.4 is 10.6 Å². The van der Waals surface area contributed by atoms with Gasteiger partial charge in [-0.25, -0.2) is 4.98 Å². The molecule has 2 heterocycles. The van der Waals surface area contributed by atoms with Crippen LogP contribution in [0.1, 0.15) is 11.9 Å². The highest BCUT2D eigenvalue weighted by Gasteiger charge is 2.28. The van der Waals surface area contributed by atoms with E-state index in [1.165, 1.54) is 0 Å². The molecule has 0 saturated carbocycles. The Morgan fingerprint density at radius 2 is 1.93 bits per heavy atom. The molecule has 3 aromatic rings. The molecule has 2 N–H and O–H groups in total. The number of hydrogen-bond donors (Lipinski definition) is 2. The molecule has 1 amide bonds. The van der Waals surface area contributed by atoms with Crippen LogP contribution in [0.5, 0.6) is 0 Å². The standard InChI is InChI=1S/C22H25N5O.ClH/c1-26-13-12-24-22(26)20-15-23-11-14-27(20)16-21(28)25-19-10-6-5-9-18(19)17-7-3-2-4-8-17;/h2-10,12-13,20,23H,11,14-16H2,1H3,(H,25,28);1H. The second-order valence-corrected chi connectivity index (χ2v) is 7.05. The lowest BCUT2D eigenvalue weighted by Gasteiger charge is -2.35. The van der Waals surface area contributed by atoms with Crippen molar-refractivity contribution in [1.29, 1.82) is 0 Å². The molecule has 4 rings (SSSR count). The van der Waals surface area contributed by atoms with Crippen LogP contribution in [-0.4, -0.2) is 46.5 Å². The topological polar surface area (TPSA) is 62.2 Å². The van der Waals surface area contributed by atoms with E-state index < -0.39 is 0 Å². The van der Waals surface area contributed by atoms with Crippen LogP contribution in [0.15, 0.2) is 67.0 Å². The summed E-state index contributed by atoms with van der Waals surface area (Å²) in [5, 5.41) is 6.52. The summed E-state index contributed by atoms with van der Waals surface area (Å²) in [5.74, 6) is 0.967. The summed E-state index contributed by atoms with van der Waals surface area (Å²) < 4.78 is 2.02. The Morgan fingerprint density at radius 3 is 2.69 bits per heavy atom. The number of amides is 1. The van der Waals surface area contributed by atoms with Crippen molar-refractivity contribution >= 4 is 24.0 Å². The summed E-state index contributed by atoms with van der Waals surface area (Å²) in [6.07, 6.45) is 3.75. The van der Waals surface area contributed by atoms with Crippen molar-refractivity contribution in [2.45, 2.75) is 6.04 Å². The van der Waals surface area contributed by atoms with Crippen LogP contribution in [-0.2, 0) is 11.8 Å². The molecule has 0 spiro atoms. The second kappa shape index (κ2) is 9.69. The van der Waals surface area contributed by atoms with Crippen molar-refractivity contribution in [2.24, 2.45) is 7.05 Å². The molecule has 7 heteroatoms. The number of nitrogens with one attached hydrogen (secondary N) is 2. The van der Waals surface area contributed by atoms with Gasteiger partial charge in [0.05, 0.1) is 12.6 Å². The number of hydrogen-bond acceptors (Lipinski definition) is 4. The number of nitrogens with zero attached hydrogens (tertiary/aromatic N) is 3. The summed E-state index contributed by atoms with van der Waals surface area (Å²) in [6.45, 7) is 2.81. The van der Waals surface area contributed by atoms with Gasteiger partial charge in [-0.05, 0) is 11.6 Å². The lowest BCUT2D eigenvalue weighted by Crippen LogP contribution is -2.49. The molecule has 6 nitrogen and oxygen atoms in total. The molecule has 0 aliphatic carbocycles. The Hall–Kier alpha value is -2.67. The zero-order chi connectivity index (χ0) is 19.3. The molecule has 1 fully saturated rings. The van der Waals surface area contributed by atoms with E-state index in [2.05, 4.69) is 32.7 Å². The van der Waals surface area contributed by atoms with E-state index in [4.69, 9.17) is 0 Å². The normalized spacial score (nSPS) is 16.8. The predicted molar refractivity (Wildman–Crippen MR) is 118 cm³/mol. The average Bonchev–Trinajstić information content (AvgIpc) is 3.15. The van der Waals surface area contributed by atoms with E-state index in [9.17, 15) is 4.79 Å². The van der Waals surface area contributed by atoms with Gasteiger partial charge in [0.2, 0.25) is 5.91 Å². The van der Waals surface area contributed by atoms with Crippen molar-refractivity contribution in [3.8, 4) is 11.1 Å². The lowest BCUT2D eigenvalue weighted by atomic mass is 10.0. The van der Waals surface area contributed by atoms with Gasteiger partial charge in [0.15, 0.2) is 0 Å². The summed E-state index contributed by atoms with van der Waals surface area (Å²) in [6, 6.07) is 18.1. The highest BCUT2D eigenvalue weighted by molar-refractivity contribution is 5.96. The fraction of sp³-hybridized carbons (Fsp3) is 0.273. The number of benzene rings is 2. The summed E-state index contributed by atoms with van der Waals surface area (Å²) >= 11 is 0. The number of carbonyl (C=O) groups excluding carboxylic acids is 1. The minimum absolute atomic E-state index is 0. The van der Waals surface area contributed by atoms with Crippen LogP contribution in [0.25, 0.3) is 11.1 Å². The zero-order valence-electron chi connectivity index (χ0n) is 16.4. The Kier molecular flexibility index (Phi) is 7.04. The Bertz CT molecular complexity index is 943. The molecule has 1 saturated heterocycles. The minimum atomic E-state index is -0.00973. The van der Waals surface area contributed by atoms with Crippen LogP contribution in [0.4, 0.5) is 5.69 Å². The quantitative estimate of drug-likeness (QED) is 0.677. The Morgan fingerprint density at radius 1 is 1.17 bits per heavy atom. The molecule has 1 unspecified atom stereocenters. The van der Waals surface area contributed by atoms with Crippen LogP contribution >= 0.6 is 12.4 Å². The number of para-hydroxylation sites is 1. The van der Waals surface area contributed by atoms with Crippen molar-refractivity contribution < 1.29 is 4.79 Å². The second-order valence-electron chi connectivity index (χ2n) is 7.05. The Labute approximate surface area is 177 Å². The third-order valence-corrected chi connectivity index (χ3v) is 5.14. The molecule has 1 aliphatic heterocycles. The van der Waals surface area contributed by atoms with Crippen molar-refractivity contribution in [2.75, 3.05) is 31.5 Å². The van der Waals surface area contributed by atoms with E-state index in [0.29, 0.717) is 6.54 Å². The molecule has 0 bridgehead atoms. The third kappa shape index (κ3) is 4.85. The van der Waals surface area contributed by atoms with Gasteiger partial charge < -0.3 is 15.2 Å². The molecule has 1 aliphatic rings. The molecular weight excluding hydrogens is 386 g/mol. The molecule has 2 aromatic carbocycles. The molecule has 152 valence electrons. The summed E-state index contributed by atoms with van der Waals surface area (Å²) in [4.78, 5) is 19.5. The van der Waals surface area contributed by atoms with Gasteiger partial charge in [0, 0.05) is 50.3 Å². The first-order chi connectivity index (χ1) is 13.7. The minimum Gasteiger partial charge on any atom is -0.337 e. The van der Waals surface area contributed by atoms with Crippen molar-refractivity contribution in [3.63, 3.8) is 0 Å². The van der Waals surface area contributed by atoms with E-state index in [0.717, 1.165) is 42.3 Å². The number of imidazole rings is 1. The van der Waals surface area contributed by atoms with Gasteiger partial charge >= 0.3 is 0 Å². The maximum absolute atomic E-state index is 12.9. The maximum atomic E-state index is 12.9. The van der Waals surface area contributed by atoms with Crippen molar-refractivity contribution in [1.82, 2.24) is 19.8 Å². The molecule has 1 atom stereocenters. The number of carbonyl (C=O) groups is 1. The van der Waals surface area contributed by atoms with Crippen LogP contribution in [0.3, 0.4) is 0 Å². The Balaban J connectivity index is 0.00000240. The van der Waals surface area contributed by atoms with Gasteiger partial charge in [-0.1, -0.05) is 48.5 Å². The number of halogens is 1. The molecule has 1 aromatic heterocycles. The van der Waals surface area contributed by atoms with Crippen molar-refractivity contribution in [3.05, 3.63) is 72.8 Å². The van der Waals surface area contributed by atoms with Gasteiger partial charge in [-0.2, -0.15) is 0 Å². The van der Waals surface area contributed by atoms with E-state index >= 15 is 0 Å². The number of piperazine rings is 1. The number of anilines is 1. The van der Waals surface area contributed by atoms with Gasteiger partial charge in [0.25, 0.3) is 0 Å². The fourth-order valence-corrected chi connectivity index (χ4v) is 3.72. The zero-order valence-corrected chi connectivity index (χ0v) is 17.2. The largest absolute Gasteiger partial charge is 0.337 e. The summed E-state index contributed by atoms with van der Waals surface area (Å²) in [7, 11) is 1.99. The monoisotopic (exact) mass is 411 g/mol. The predicted octanol–water partition coefficient (Wildman–Crippen LogP) is 3.09. The van der Waals surface area contributed by atoms with Gasteiger partial charge in [-0.3, -0.25) is 9.69 Å². The molecule has 0 radical (unpaired) electrons. The number of aryl methyl sites for hydroxylation is 1. The van der Waals surface area contributed by atoms with Crippen LogP contribution in [0, 0.1) is 0 Å². The molecule has 29 heavy (non-hydrogen) atoms. The first-order valence-electron chi connectivity index (χ1n) is 9.58. The molecular formula is C22H26ClN5O. The van der Waals surface area contributed by atoms with Gasteiger partial charge in [0.1, 0.15) is 5.82 Å². The lowest BCUT2D eigenvalue weighted by molar-refractivity contribution is -0.118. The van der Waals surface area contributed by atoms with Gasteiger partial charge in [-0.15, -0.1) is 12.4 Å². The smallest absolute Gasteiger partial charge is 0.238 e. The number of rotatable bonds is 5. The fourth-order valence-electron chi connectivity index (χ4n) is 3.72.